The van der Waals surface area contributed by atoms with Crippen molar-refractivity contribution in [1.82, 2.24) is 0 Å². The smallest absolute Gasteiger partial charge is 0.0456 e. The molecule has 0 amide bonds. The molecule has 70 valence electrons. The van der Waals surface area contributed by atoms with Gasteiger partial charge in [-0.15, -0.1) is 6.58 Å². The summed E-state index contributed by atoms with van der Waals surface area (Å²) in [5, 5.41) is 0.745. The summed E-state index contributed by atoms with van der Waals surface area (Å²) in [7, 11) is 0. The zero-order chi connectivity index (χ0) is 9.84. The lowest BCUT2D eigenvalue weighted by Gasteiger charge is -2.14. The number of aryl methyl sites for hydroxylation is 1. The van der Waals surface area contributed by atoms with E-state index in [1.54, 1.807) is 0 Å². The number of halogens is 1. The molecule has 0 unspecified atom stereocenters. The molecule has 2 N–H and O–H groups in total. The van der Waals surface area contributed by atoms with E-state index in [0.717, 1.165) is 22.6 Å². The van der Waals surface area contributed by atoms with Gasteiger partial charge in [-0.3, -0.25) is 0 Å². The van der Waals surface area contributed by atoms with E-state index in [1.807, 2.05) is 31.2 Å². The van der Waals surface area contributed by atoms with Crippen molar-refractivity contribution in [3.63, 3.8) is 0 Å². The monoisotopic (exact) mass is 195 g/mol. The minimum atomic E-state index is -0.0359. The Labute approximate surface area is 84.2 Å². The molecule has 1 aromatic rings. The van der Waals surface area contributed by atoms with Crippen molar-refractivity contribution >= 4 is 11.6 Å². The molecule has 2 heteroatoms. The molecule has 1 aromatic carbocycles. The highest BCUT2D eigenvalue weighted by Gasteiger charge is 2.10. The first-order valence-corrected chi connectivity index (χ1v) is 4.66. The Bertz CT molecular complexity index is 287. The zero-order valence-corrected chi connectivity index (χ0v) is 8.51. The van der Waals surface area contributed by atoms with Crippen LogP contribution in [-0.4, -0.2) is 0 Å². The molecule has 1 atom stereocenters. The lowest BCUT2D eigenvalue weighted by molar-refractivity contribution is 0.736. The van der Waals surface area contributed by atoms with Gasteiger partial charge in [-0.05, 0) is 30.5 Å². The Morgan fingerprint density at radius 3 is 2.85 bits per heavy atom. The number of rotatable bonds is 3. The molecular weight excluding hydrogens is 182 g/mol. The highest BCUT2D eigenvalue weighted by atomic mass is 35.5. The highest BCUT2D eigenvalue weighted by molar-refractivity contribution is 6.31. The van der Waals surface area contributed by atoms with Crippen molar-refractivity contribution in [2.24, 2.45) is 5.73 Å². The quantitative estimate of drug-likeness (QED) is 0.737. The normalized spacial score (nSPS) is 12.5. The van der Waals surface area contributed by atoms with Gasteiger partial charge in [-0.1, -0.05) is 29.8 Å². The second-order valence-corrected chi connectivity index (χ2v) is 3.51. The van der Waals surface area contributed by atoms with Crippen LogP contribution in [0.1, 0.15) is 23.6 Å². The molecule has 0 aromatic heterocycles. The van der Waals surface area contributed by atoms with Crippen LogP contribution in [0.15, 0.2) is 30.9 Å². The second kappa shape index (κ2) is 4.45. The largest absolute Gasteiger partial charge is 0.324 e. The van der Waals surface area contributed by atoms with Crippen LogP contribution in [0.2, 0.25) is 5.02 Å². The van der Waals surface area contributed by atoms with Gasteiger partial charge in [0.15, 0.2) is 0 Å². The Balaban J connectivity index is 3.04. The minimum Gasteiger partial charge on any atom is -0.324 e. The Hall–Kier alpha value is -0.790. The van der Waals surface area contributed by atoms with Gasteiger partial charge in [0, 0.05) is 11.1 Å². The van der Waals surface area contributed by atoms with E-state index >= 15 is 0 Å². The van der Waals surface area contributed by atoms with Crippen LogP contribution in [-0.2, 0) is 0 Å². The van der Waals surface area contributed by atoms with Gasteiger partial charge in [-0.25, -0.2) is 0 Å². The van der Waals surface area contributed by atoms with Gasteiger partial charge in [0.05, 0.1) is 0 Å². The van der Waals surface area contributed by atoms with Gasteiger partial charge in [0.2, 0.25) is 0 Å². The molecule has 1 rings (SSSR count). The maximum atomic E-state index is 6.05. The molecule has 0 bridgehead atoms. The third-order valence-corrected chi connectivity index (χ3v) is 2.39. The van der Waals surface area contributed by atoms with E-state index < -0.39 is 0 Å². The Morgan fingerprint density at radius 1 is 1.62 bits per heavy atom. The molecule has 0 radical (unpaired) electrons. The molecule has 13 heavy (non-hydrogen) atoms. The van der Waals surface area contributed by atoms with Crippen molar-refractivity contribution in [2.75, 3.05) is 0 Å². The molecule has 0 saturated heterocycles. The first-order valence-electron chi connectivity index (χ1n) is 4.28. The minimum absolute atomic E-state index is 0.0359. The molecule has 0 aliphatic heterocycles. The van der Waals surface area contributed by atoms with E-state index in [2.05, 4.69) is 6.58 Å². The summed E-state index contributed by atoms with van der Waals surface area (Å²) in [6.07, 6.45) is 2.57. The van der Waals surface area contributed by atoms with E-state index in [0.29, 0.717) is 0 Å². The summed E-state index contributed by atoms with van der Waals surface area (Å²) in [6.45, 7) is 5.68. The standard InChI is InChI=1S/C11H14ClN/c1-3-5-10(13)11-8(2)6-4-7-9(11)12/h3-4,6-7,10H,1,5,13H2,2H3/t10-/m0/s1. The van der Waals surface area contributed by atoms with Gasteiger partial charge < -0.3 is 5.73 Å². The number of nitrogens with two attached hydrogens (primary N) is 1. The van der Waals surface area contributed by atoms with Gasteiger partial charge >= 0.3 is 0 Å². The van der Waals surface area contributed by atoms with Gasteiger partial charge in [-0.2, -0.15) is 0 Å². The van der Waals surface area contributed by atoms with Crippen molar-refractivity contribution in [3.05, 3.63) is 47.0 Å². The summed E-state index contributed by atoms with van der Waals surface area (Å²) in [5.41, 5.74) is 8.12. The fourth-order valence-electron chi connectivity index (χ4n) is 1.41. The predicted octanol–water partition coefficient (Wildman–Crippen LogP) is 3.22. The fraction of sp³-hybridized carbons (Fsp3) is 0.273. The van der Waals surface area contributed by atoms with Gasteiger partial charge in [0.25, 0.3) is 0 Å². The lowest BCUT2D eigenvalue weighted by Crippen LogP contribution is -2.11. The van der Waals surface area contributed by atoms with E-state index in [1.165, 1.54) is 0 Å². The third-order valence-electron chi connectivity index (χ3n) is 2.06. The Morgan fingerprint density at radius 2 is 2.31 bits per heavy atom. The van der Waals surface area contributed by atoms with Crippen LogP contribution in [0.25, 0.3) is 0 Å². The summed E-state index contributed by atoms with van der Waals surface area (Å²) < 4.78 is 0. The lowest BCUT2D eigenvalue weighted by atomic mass is 9.99. The molecule has 0 fully saturated rings. The van der Waals surface area contributed by atoms with Crippen LogP contribution < -0.4 is 5.73 Å². The second-order valence-electron chi connectivity index (χ2n) is 3.10. The molecule has 0 saturated carbocycles. The topological polar surface area (TPSA) is 26.0 Å². The van der Waals surface area contributed by atoms with E-state index in [4.69, 9.17) is 17.3 Å². The average Bonchev–Trinajstić information content (AvgIpc) is 2.04. The molecule has 1 nitrogen and oxygen atoms in total. The highest BCUT2D eigenvalue weighted by Crippen LogP contribution is 2.26. The number of hydrogen-bond acceptors (Lipinski definition) is 1. The van der Waals surface area contributed by atoms with Crippen LogP contribution in [0.3, 0.4) is 0 Å². The van der Waals surface area contributed by atoms with Crippen molar-refractivity contribution in [3.8, 4) is 0 Å². The molecule has 0 spiro atoms. The maximum Gasteiger partial charge on any atom is 0.0456 e. The maximum absolute atomic E-state index is 6.05. The van der Waals surface area contributed by atoms with E-state index in [9.17, 15) is 0 Å². The molecule has 0 aliphatic rings. The number of hydrogen-bond donors (Lipinski definition) is 1. The van der Waals surface area contributed by atoms with Crippen LogP contribution in [0.4, 0.5) is 0 Å². The average molecular weight is 196 g/mol. The van der Waals surface area contributed by atoms with Crippen LogP contribution in [0, 0.1) is 6.92 Å². The summed E-state index contributed by atoms with van der Waals surface area (Å²) in [5.74, 6) is 0. The van der Waals surface area contributed by atoms with E-state index in [-0.39, 0.29) is 6.04 Å². The van der Waals surface area contributed by atoms with Crippen LogP contribution in [0.5, 0.6) is 0 Å². The number of benzene rings is 1. The SMILES string of the molecule is C=CC[C@H](N)c1c(C)cccc1Cl. The summed E-state index contributed by atoms with van der Waals surface area (Å²) in [4.78, 5) is 0. The van der Waals surface area contributed by atoms with Crippen LogP contribution >= 0.6 is 11.6 Å². The fourth-order valence-corrected chi connectivity index (χ4v) is 1.77. The Kier molecular flexibility index (Phi) is 3.52. The predicted molar refractivity (Wildman–Crippen MR) is 57.9 cm³/mol. The first-order chi connectivity index (χ1) is 6.16. The molecular formula is C11H14ClN. The van der Waals surface area contributed by atoms with Gasteiger partial charge in [0.1, 0.15) is 0 Å². The third kappa shape index (κ3) is 2.33. The molecule has 0 heterocycles. The van der Waals surface area contributed by atoms with Crippen molar-refractivity contribution in [2.45, 2.75) is 19.4 Å². The summed E-state index contributed by atoms with van der Waals surface area (Å²) >= 11 is 6.05. The summed E-state index contributed by atoms with van der Waals surface area (Å²) in [6, 6.07) is 5.78. The van der Waals surface area contributed by atoms with Crippen molar-refractivity contribution < 1.29 is 0 Å². The van der Waals surface area contributed by atoms with Crippen molar-refractivity contribution in [1.29, 1.82) is 0 Å². The zero-order valence-electron chi connectivity index (χ0n) is 7.76. The first kappa shape index (κ1) is 10.3. The molecule has 0 aliphatic carbocycles.